The first-order valence-electron chi connectivity index (χ1n) is 5.16. The van der Waals surface area contributed by atoms with E-state index in [1.807, 2.05) is 0 Å². The van der Waals surface area contributed by atoms with Gasteiger partial charge in [0, 0.05) is 5.02 Å². The van der Waals surface area contributed by atoms with E-state index in [1.165, 1.54) is 6.07 Å². The van der Waals surface area contributed by atoms with E-state index in [-0.39, 0.29) is 11.4 Å². The largest absolute Gasteiger partial charge is 0.452 e. The highest BCUT2D eigenvalue weighted by Crippen LogP contribution is 2.33. The normalized spacial score (nSPS) is 10.4. The quantitative estimate of drug-likeness (QED) is 0.825. The predicted molar refractivity (Wildman–Crippen MR) is 67.0 cm³/mol. The van der Waals surface area contributed by atoms with Crippen LogP contribution in [0.3, 0.4) is 0 Å². The molecular formula is C13H10ClF2NO. The van der Waals surface area contributed by atoms with Crippen molar-refractivity contribution in [3.05, 3.63) is 52.6 Å². The van der Waals surface area contributed by atoms with E-state index in [1.54, 1.807) is 25.1 Å². The highest BCUT2D eigenvalue weighted by molar-refractivity contribution is 6.31. The van der Waals surface area contributed by atoms with Crippen molar-refractivity contribution in [2.75, 3.05) is 5.73 Å². The molecule has 94 valence electrons. The second-order valence-corrected chi connectivity index (χ2v) is 4.20. The summed E-state index contributed by atoms with van der Waals surface area (Å²) in [5.74, 6) is -2.10. The number of hydrogen-bond acceptors (Lipinski definition) is 2. The molecule has 0 aromatic heterocycles. The van der Waals surface area contributed by atoms with Crippen molar-refractivity contribution >= 4 is 17.3 Å². The van der Waals surface area contributed by atoms with Gasteiger partial charge >= 0.3 is 0 Å². The number of nitrogen functional groups attached to an aromatic ring is 1. The molecule has 18 heavy (non-hydrogen) atoms. The molecule has 5 heteroatoms. The van der Waals surface area contributed by atoms with Crippen molar-refractivity contribution in [2.45, 2.75) is 6.92 Å². The zero-order chi connectivity index (χ0) is 13.3. The summed E-state index contributed by atoms with van der Waals surface area (Å²) in [6.07, 6.45) is 0. The molecule has 0 amide bonds. The molecule has 0 heterocycles. The fraction of sp³-hybridized carbons (Fsp3) is 0.0769. The molecule has 2 aromatic rings. The van der Waals surface area contributed by atoms with Gasteiger partial charge in [0.2, 0.25) is 5.82 Å². The lowest BCUT2D eigenvalue weighted by Gasteiger charge is -2.10. The Morgan fingerprint density at radius 3 is 2.56 bits per heavy atom. The maximum Gasteiger partial charge on any atom is 0.203 e. The van der Waals surface area contributed by atoms with E-state index in [2.05, 4.69) is 0 Å². The molecule has 0 saturated heterocycles. The van der Waals surface area contributed by atoms with Gasteiger partial charge in [0.1, 0.15) is 5.75 Å². The predicted octanol–water partition coefficient (Wildman–Crippen LogP) is 4.30. The maximum absolute atomic E-state index is 13.5. The first kappa shape index (κ1) is 12.6. The molecule has 0 radical (unpaired) electrons. The molecule has 0 atom stereocenters. The van der Waals surface area contributed by atoms with Crippen molar-refractivity contribution in [3.8, 4) is 11.5 Å². The van der Waals surface area contributed by atoms with Crippen molar-refractivity contribution in [3.63, 3.8) is 0 Å². The minimum Gasteiger partial charge on any atom is -0.452 e. The van der Waals surface area contributed by atoms with Crippen LogP contribution < -0.4 is 10.5 Å². The van der Waals surface area contributed by atoms with Crippen LogP contribution in [0.2, 0.25) is 5.02 Å². The minimum atomic E-state index is -1.11. The molecule has 0 fully saturated rings. The van der Waals surface area contributed by atoms with Crippen LogP contribution in [0.25, 0.3) is 0 Å². The zero-order valence-corrected chi connectivity index (χ0v) is 10.3. The number of nitrogens with two attached hydrogens (primary N) is 1. The summed E-state index contributed by atoms with van der Waals surface area (Å²) < 4.78 is 31.9. The fourth-order valence-corrected chi connectivity index (χ4v) is 1.57. The van der Waals surface area contributed by atoms with Gasteiger partial charge in [-0.05, 0) is 42.8 Å². The molecule has 2 N–H and O–H groups in total. The Labute approximate surface area is 108 Å². The van der Waals surface area contributed by atoms with Gasteiger partial charge in [-0.15, -0.1) is 0 Å². The van der Waals surface area contributed by atoms with Crippen LogP contribution in [0.1, 0.15) is 5.56 Å². The van der Waals surface area contributed by atoms with Gasteiger partial charge in [-0.1, -0.05) is 11.6 Å². The Hall–Kier alpha value is -1.81. The van der Waals surface area contributed by atoms with Gasteiger partial charge in [0.15, 0.2) is 11.6 Å². The molecule has 0 aliphatic carbocycles. The van der Waals surface area contributed by atoms with Gasteiger partial charge < -0.3 is 10.5 Å². The summed E-state index contributed by atoms with van der Waals surface area (Å²) in [6, 6.07) is 6.98. The first-order chi connectivity index (χ1) is 8.49. The van der Waals surface area contributed by atoms with Crippen molar-refractivity contribution < 1.29 is 13.5 Å². The van der Waals surface area contributed by atoms with Crippen LogP contribution in [-0.2, 0) is 0 Å². The summed E-state index contributed by atoms with van der Waals surface area (Å²) in [7, 11) is 0. The average molecular weight is 270 g/mol. The third-order valence-corrected chi connectivity index (χ3v) is 2.85. The Bertz CT molecular complexity index is 602. The highest BCUT2D eigenvalue weighted by Gasteiger charge is 2.14. The summed E-state index contributed by atoms with van der Waals surface area (Å²) in [4.78, 5) is 0. The van der Waals surface area contributed by atoms with Gasteiger partial charge in [-0.3, -0.25) is 0 Å². The van der Waals surface area contributed by atoms with Crippen molar-refractivity contribution in [1.29, 1.82) is 0 Å². The van der Waals surface area contributed by atoms with E-state index in [4.69, 9.17) is 22.1 Å². The van der Waals surface area contributed by atoms with E-state index in [0.29, 0.717) is 10.8 Å². The second kappa shape index (κ2) is 4.82. The van der Waals surface area contributed by atoms with Crippen LogP contribution in [0.5, 0.6) is 11.5 Å². The highest BCUT2D eigenvalue weighted by atomic mass is 35.5. The molecule has 0 spiro atoms. The molecule has 0 bridgehead atoms. The van der Waals surface area contributed by atoms with E-state index in [9.17, 15) is 8.78 Å². The van der Waals surface area contributed by atoms with Crippen molar-refractivity contribution in [2.24, 2.45) is 0 Å². The maximum atomic E-state index is 13.5. The third-order valence-electron chi connectivity index (χ3n) is 2.43. The SMILES string of the molecule is Cc1cc(Oc2c(N)ccc(F)c2F)ccc1Cl. The lowest BCUT2D eigenvalue weighted by atomic mass is 10.2. The van der Waals surface area contributed by atoms with Gasteiger partial charge in [0.25, 0.3) is 0 Å². The molecule has 0 saturated carbocycles. The van der Waals surface area contributed by atoms with E-state index in [0.717, 1.165) is 11.6 Å². The number of benzene rings is 2. The topological polar surface area (TPSA) is 35.2 Å². The van der Waals surface area contributed by atoms with Crippen LogP contribution in [-0.4, -0.2) is 0 Å². The Morgan fingerprint density at radius 1 is 1.17 bits per heavy atom. The lowest BCUT2D eigenvalue weighted by molar-refractivity contribution is 0.418. The summed E-state index contributed by atoms with van der Waals surface area (Å²) in [5, 5.41) is 0.565. The van der Waals surface area contributed by atoms with Crippen LogP contribution in [0.4, 0.5) is 14.5 Å². The molecule has 0 aliphatic heterocycles. The summed E-state index contributed by atoms with van der Waals surface area (Å²) in [6.45, 7) is 1.78. The van der Waals surface area contributed by atoms with E-state index >= 15 is 0 Å². The summed E-state index contributed by atoms with van der Waals surface area (Å²) >= 11 is 5.86. The fourth-order valence-electron chi connectivity index (χ4n) is 1.45. The molecule has 2 rings (SSSR count). The van der Waals surface area contributed by atoms with Crippen LogP contribution in [0, 0.1) is 18.6 Å². The smallest absolute Gasteiger partial charge is 0.203 e. The number of aryl methyl sites for hydroxylation is 1. The zero-order valence-electron chi connectivity index (χ0n) is 9.51. The Kier molecular flexibility index (Phi) is 3.39. The standard InChI is InChI=1S/C13H10ClF2NO/c1-7-6-8(2-3-9(7)14)18-13-11(17)5-4-10(15)12(13)16/h2-6H,17H2,1H3. The molecule has 2 nitrogen and oxygen atoms in total. The minimum absolute atomic E-state index is 0.0292. The van der Waals surface area contributed by atoms with Crippen molar-refractivity contribution in [1.82, 2.24) is 0 Å². The molecule has 2 aromatic carbocycles. The molecular weight excluding hydrogens is 260 g/mol. The first-order valence-corrected chi connectivity index (χ1v) is 5.54. The number of ether oxygens (including phenoxy) is 1. The third kappa shape index (κ3) is 2.38. The monoisotopic (exact) mass is 269 g/mol. The molecule has 0 aliphatic rings. The number of rotatable bonds is 2. The number of anilines is 1. The Morgan fingerprint density at radius 2 is 1.89 bits per heavy atom. The number of hydrogen-bond donors (Lipinski definition) is 1. The van der Waals surface area contributed by atoms with Gasteiger partial charge in [0.05, 0.1) is 5.69 Å². The lowest BCUT2D eigenvalue weighted by Crippen LogP contribution is -1.98. The number of halogens is 3. The molecule has 0 unspecified atom stereocenters. The van der Waals surface area contributed by atoms with E-state index < -0.39 is 11.6 Å². The summed E-state index contributed by atoms with van der Waals surface area (Å²) in [5.41, 5.74) is 6.35. The average Bonchev–Trinajstić information content (AvgIpc) is 2.34. The Balaban J connectivity index is 2.39. The van der Waals surface area contributed by atoms with Crippen LogP contribution >= 0.6 is 11.6 Å². The van der Waals surface area contributed by atoms with Crippen LogP contribution in [0.15, 0.2) is 30.3 Å². The van der Waals surface area contributed by atoms with Gasteiger partial charge in [-0.25, -0.2) is 4.39 Å². The van der Waals surface area contributed by atoms with Gasteiger partial charge in [-0.2, -0.15) is 4.39 Å². The second-order valence-electron chi connectivity index (χ2n) is 3.79.